The van der Waals surface area contributed by atoms with Crippen LogP contribution in [-0.4, -0.2) is 11.0 Å². The molecule has 0 aromatic carbocycles. The molecule has 1 aliphatic carbocycles. The maximum atomic E-state index is 12.4. The maximum absolute atomic E-state index is 12.4. The molecule has 1 aliphatic rings. The first-order valence-corrected chi connectivity index (χ1v) is 3.05. The van der Waals surface area contributed by atoms with Crippen LogP contribution in [0.3, 0.4) is 0 Å². The van der Waals surface area contributed by atoms with E-state index in [1.54, 1.807) is 0 Å². The lowest BCUT2D eigenvalue weighted by Crippen LogP contribution is -2.17. The first-order chi connectivity index (χ1) is 5.04. The largest absolute Gasteiger partial charge is 0.233 e. The highest BCUT2D eigenvalue weighted by molar-refractivity contribution is 7.80. The molecule has 0 heterocycles. The van der Waals surface area contributed by atoms with Crippen LogP contribution in [0.1, 0.15) is 0 Å². The molecule has 0 saturated heterocycles. The molecule has 1 unspecified atom stereocenters. The van der Waals surface area contributed by atoms with Crippen LogP contribution in [0.25, 0.3) is 0 Å². The number of thiocarbonyl (C=S) groups is 1. The lowest BCUT2D eigenvalue weighted by atomic mass is 10.1. The topological polar surface area (TPSA) is 0 Å². The number of hydrogen-bond donors (Lipinski definition) is 0. The van der Waals surface area contributed by atoms with Crippen molar-refractivity contribution in [1.82, 2.24) is 0 Å². The Hall–Kier alpha value is -0.710. The fourth-order valence-electron chi connectivity index (χ4n) is 0.612. The third-order valence-electron chi connectivity index (χ3n) is 1.16. The summed E-state index contributed by atoms with van der Waals surface area (Å²) in [6.07, 6.45) is -1.86. The van der Waals surface area contributed by atoms with Crippen LogP contribution < -0.4 is 0 Å². The fourth-order valence-corrected chi connectivity index (χ4v) is 0.819. The van der Waals surface area contributed by atoms with Crippen molar-refractivity contribution in [2.24, 2.45) is 0 Å². The molecule has 1 atom stereocenters. The Morgan fingerprint density at radius 3 is 2.36 bits per heavy atom. The zero-order valence-corrected chi connectivity index (χ0v) is 5.89. The van der Waals surface area contributed by atoms with Crippen LogP contribution in [-0.2, 0) is 0 Å². The first kappa shape index (κ1) is 8.39. The lowest BCUT2D eigenvalue weighted by molar-refractivity contribution is 0.371. The van der Waals surface area contributed by atoms with Crippen molar-refractivity contribution in [3.63, 3.8) is 0 Å². The van der Waals surface area contributed by atoms with E-state index in [1.807, 2.05) is 0 Å². The monoisotopic (exact) mass is 182 g/mol. The standard InChI is InChI=1S/C6H2F4S/c7-2-1-3(11)5(9)6(10)4(2)8/h1,5H. The quantitative estimate of drug-likeness (QED) is 0.410. The van der Waals surface area contributed by atoms with Gasteiger partial charge in [0.05, 0.1) is 4.86 Å². The van der Waals surface area contributed by atoms with Gasteiger partial charge in [0.2, 0.25) is 0 Å². The van der Waals surface area contributed by atoms with E-state index in [2.05, 4.69) is 12.2 Å². The molecule has 0 radical (unpaired) electrons. The fraction of sp³-hybridized carbons (Fsp3) is 0.167. The zero-order valence-electron chi connectivity index (χ0n) is 5.07. The molecule has 0 saturated carbocycles. The summed E-state index contributed by atoms with van der Waals surface area (Å²) in [5.41, 5.74) is 0. The van der Waals surface area contributed by atoms with Gasteiger partial charge < -0.3 is 0 Å². The molecule has 0 spiro atoms. The highest BCUT2D eigenvalue weighted by Gasteiger charge is 2.29. The molecule has 0 amide bonds. The van der Waals surface area contributed by atoms with Crippen LogP contribution in [0.2, 0.25) is 0 Å². The summed E-state index contributed by atoms with van der Waals surface area (Å²) < 4.78 is 48.9. The highest BCUT2D eigenvalue weighted by Crippen LogP contribution is 2.28. The van der Waals surface area contributed by atoms with Gasteiger partial charge in [0, 0.05) is 0 Å². The van der Waals surface area contributed by atoms with E-state index in [0.29, 0.717) is 6.08 Å². The summed E-state index contributed by atoms with van der Waals surface area (Å²) >= 11 is 4.20. The minimum atomic E-state index is -2.32. The number of halogens is 4. The molecule has 0 nitrogen and oxygen atoms in total. The highest BCUT2D eigenvalue weighted by atomic mass is 32.1. The molecule has 0 aromatic heterocycles. The van der Waals surface area contributed by atoms with Gasteiger partial charge in [-0.2, -0.15) is 0 Å². The summed E-state index contributed by atoms with van der Waals surface area (Å²) in [6.45, 7) is 0. The van der Waals surface area contributed by atoms with Gasteiger partial charge in [-0.25, -0.2) is 17.6 Å². The van der Waals surface area contributed by atoms with Crippen LogP contribution in [0, 0.1) is 0 Å². The Morgan fingerprint density at radius 1 is 1.27 bits per heavy atom. The summed E-state index contributed by atoms with van der Waals surface area (Å²) in [4.78, 5) is -0.582. The smallest absolute Gasteiger partial charge is 0.193 e. The van der Waals surface area contributed by atoms with E-state index < -0.39 is 28.5 Å². The second-order valence-corrected chi connectivity index (χ2v) is 2.39. The SMILES string of the molecule is FC1=CC(=S)C(F)C(F)=C1F. The van der Waals surface area contributed by atoms with Crippen molar-refractivity contribution in [3.8, 4) is 0 Å². The molecule has 0 aromatic rings. The normalized spacial score (nSPS) is 25.6. The van der Waals surface area contributed by atoms with Gasteiger partial charge in [-0.05, 0) is 6.08 Å². The lowest BCUT2D eigenvalue weighted by Gasteiger charge is -2.09. The van der Waals surface area contributed by atoms with Gasteiger partial charge in [0.15, 0.2) is 23.7 Å². The van der Waals surface area contributed by atoms with Gasteiger partial charge in [0.1, 0.15) is 0 Å². The van der Waals surface area contributed by atoms with Crippen molar-refractivity contribution in [2.45, 2.75) is 6.17 Å². The Kier molecular flexibility index (Phi) is 2.08. The Morgan fingerprint density at radius 2 is 1.82 bits per heavy atom. The number of hydrogen-bond acceptors (Lipinski definition) is 1. The van der Waals surface area contributed by atoms with E-state index in [9.17, 15) is 17.6 Å². The molecular weight excluding hydrogens is 180 g/mol. The Bertz CT molecular complexity index is 266. The van der Waals surface area contributed by atoms with E-state index in [0.717, 1.165) is 0 Å². The molecule has 60 valence electrons. The van der Waals surface area contributed by atoms with Crippen molar-refractivity contribution in [1.29, 1.82) is 0 Å². The minimum absolute atomic E-state index is 0.457. The summed E-state index contributed by atoms with van der Waals surface area (Å²) in [6, 6.07) is 0. The zero-order chi connectivity index (χ0) is 8.59. The predicted molar refractivity (Wildman–Crippen MR) is 35.9 cm³/mol. The Balaban J connectivity index is 3.12. The molecule has 0 aliphatic heterocycles. The van der Waals surface area contributed by atoms with Crippen LogP contribution >= 0.6 is 12.2 Å². The molecule has 1 rings (SSSR count). The predicted octanol–water partition coefficient (Wildman–Crippen LogP) is 2.71. The van der Waals surface area contributed by atoms with Gasteiger partial charge in [-0.15, -0.1) is 0 Å². The summed E-state index contributed by atoms with van der Waals surface area (Å²) in [5, 5.41) is 0. The van der Waals surface area contributed by atoms with Crippen LogP contribution in [0.5, 0.6) is 0 Å². The Labute approximate surface area is 65.2 Å². The number of rotatable bonds is 0. The third kappa shape index (κ3) is 1.33. The van der Waals surface area contributed by atoms with Crippen molar-refractivity contribution < 1.29 is 17.6 Å². The van der Waals surface area contributed by atoms with Crippen molar-refractivity contribution >= 4 is 17.1 Å². The van der Waals surface area contributed by atoms with E-state index >= 15 is 0 Å². The summed E-state index contributed by atoms with van der Waals surface area (Å²) in [7, 11) is 0. The third-order valence-corrected chi connectivity index (χ3v) is 1.49. The first-order valence-electron chi connectivity index (χ1n) is 2.64. The number of allylic oxidation sites excluding steroid dienone is 4. The molecule has 0 fully saturated rings. The van der Waals surface area contributed by atoms with Gasteiger partial charge in [0.25, 0.3) is 0 Å². The van der Waals surface area contributed by atoms with E-state index in [4.69, 9.17) is 0 Å². The van der Waals surface area contributed by atoms with E-state index in [1.165, 1.54) is 0 Å². The molecule has 0 N–H and O–H groups in total. The van der Waals surface area contributed by atoms with Crippen molar-refractivity contribution in [3.05, 3.63) is 23.6 Å². The maximum Gasteiger partial charge on any atom is 0.193 e. The average Bonchev–Trinajstić information content (AvgIpc) is 1.97. The average molecular weight is 182 g/mol. The van der Waals surface area contributed by atoms with Crippen LogP contribution in [0.4, 0.5) is 17.6 Å². The summed E-state index contributed by atoms with van der Waals surface area (Å²) in [5.74, 6) is -5.04. The minimum Gasteiger partial charge on any atom is -0.233 e. The van der Waals surface area contributed by atoms with Crippen LogP contribution in [0.15, 0.2) is 23.6 Å². The molecule has 0 bridgehead atoms. The number of alkyl halides is 1. The van der Waals surface area contributed by atoms with Gasteiger partial charge >= 0.3 is 0 Å². The second-order valence-electron chi connectivity index (χ2n) is 1.92. The second kappa shape index (κ2) is 2.73. The van der Waals surface area contributed by atoms with Gasteiger partial charge in [-0.1, -0.05) is 12.2 Å². The molecular formula is C6H2F4S. The van der Waals surface area contributed by atoms with Gasteiger partial charge in [-0.3, -0.25) is 0 Å². The van der Waals surface area contributed by atoms with E-state index in [-0.39, 0.29) is 0 Å². The van der Waals surface area contributed by atoms with Crippen molar-refractivity contribution in [2.75, 3.05) is 0 Å². The molecule has 11 heavy (non-hydrogen) atoms. The molecule has 5 heteroatoms.